The lowest BCUT2D eigenvalue weighted by Gasteiger charge is -2.25. The van der Waals surface area contributed by atoms with Crippen LogP contribution in [0.25, 0.3) is 0 Å². The van der Waals surface area contributed by atoms with Gasteiger partial charge in [0.1, 0.15) is 11.5 Å². The van der Waals surface area contributed by atoms with Gasteiger partial charge in [0.05, 0.1) is 69.4 Å². The number of hydrogen-bond donors (Lipinski definition) is 1. The van der Waals surface area contributed by atoms with Crippen molar-refractivity contribution in [2.24, 2.45) is 11.8 Å². The Morgan fingerprint density at radius 2 is 1.52 bits per heavy atom. The van der Waals surface area contributed by atoms with E-state index in [4.69, 9.17) is 23.7 Å². The van der Waals surface area contributed by atoms with Gasteiger partial charge in [0, 0.05) is 31.8 Å². The molecule has 0 amide bonds. The minimum absolute atomic E-state index is 0.00366. The number of hydrogen-bond acceptors (Lipinski definition) is 13. The average molecular weight is 736 g/mol. The van der Waals surface area contributed by atoms with Crippen LogP contribution in [-0.2, 0) is 46.9 Å². The molecular weight excluding hydrogens is 695 g/mol. The number of nitro groups is 1. The highest BCUT2D eigenvalue weighted by molar-refractivity contribution is 7.89. The number of rotatable bonds is 18. The molecule has 0 unspecified atom stereocenters. The van der Waals surface area contributed by atoms with Crippen LogP contribution < -0.4 is 19.5 Å². The predicted molar refractivity (Wildman–Crippen MR) is 182 cm³/mol. The quantitative estimate of drug-likeness (QED) is 0.113. The van der Waals surface area contributed by atoms with Crippen molar-refractivity contribution in [2.75, 3.05) is 65.4 Å². The standard InChI is InChI=1S/C33H41N3O12S2/c1-43-27-8-4-23(5-9-27)18-35(19-24-6-10-28(44-2)11-7-24)50(41,42)30-15-31(36(37)38)33(34-17-29-21-46-12-13-47-29)32(16-30)48-20-25-14-26(25)22-49(39,40)45-3/h4-11,15-16,25-26,29,34H,12-14,17-22H2,1-3H3/t25-,26-,29+/m1/s1. The lowest BCUT2D eigenvalue weighted by atomic mass is 10.2. The summed E-state index contributed by atoms with van der Waals surface area (Å²) < 4.78 is 86.4. The van der Waals surface area contributed by atoms with Crippen LogP contribution in [0.3, 0.4) is 0 Å². The van der Waals surface area contributed by atoms with Crippen molar-refractivity contribution in [1.29, 1.82) is 0 Å². The zero-order chi connectivity index (χ0) is 35.9. The van der Waals surface area contributed by atoms with Crippen LogP contribution in [0.5, 0.6) is 17.2 Å². The van der Waals surface area contributed by atoms with Gasteiger partial charge >= 0.3 is 0 Å². The molecule has 272 valence electrons. The first-order chi connectivity index (χ1) is 23.9. The van der Waals surface area contributed by atoms with E-state index in [1.807, 2.05) is 0 Å². The Balaban J connectivity index is 1.50. The Morgan fingerprint density at radius 1 is 0.900 bits per heavy atom. The number of nitrogens with zero attached hydrogens (tertiary/aromatic N) is 2. The molecule has 50 heavy (non-hydrogen) atoms. The molecule has 2 aliphatic rings. The third-order valence-corrected chi connectivity index (χ3v) is 11.6. The Morgan fingerprint density at radius 3 is 2.04 bits per heavy atom. The fourth-order valence-corrected chi connectivity index (χ4v) is 8.04. The molecule has 3 aromatic rings. The van der Waals surface area contributed by atoms with Gasteiger partial charge in [0.15, 0.2) is 11.4 Å². The topological polar surface area (TPSA) is 182 Å². The fraction of sp³-hybridized carbons (Fsp3) is 0.455. The summed E-state index contributed by atoms with van der Waals surface area (Å²) in [7, 11) is -3.94. The van der Waals surface area contributed by atoms with Gasteiger partial charge in [-0.2, -0.15) is 12.7 Å². The monoisotopic (exact) mass is 735 g/mol. The average Bonchev–Trinajstić information content (AvgIpc) is 3.86. The Kier molecular flexibility index (Phi) is 12.2. The minimum Gasteiger partial charge on any atom is -0.497 e. The van der Waals surface area contributed by atoms with E-state index in [1.165, 1.54) is 24.6 Å². The van der Waals surface area contributed by atoms with Crippen LogP contribution in [-0.4, -0.2) is 92.2 Å². The highest BCUT2D eigenvalue weighted by Gasteiger charge is 2.41. The Bertz CT molecular complexity index is 1780. The molecule has 0 radical (unpaired) electrons. The fourth-order valence-electron chi connectivity index (χ4n) is 5.52. The van der Waals surface area contributed by atoms with Crippen LogP contribution in [0.15, 0.2) is 65.6 Å². The van der Waals surface area contributed by atoms with E-state index in [0.717, 1.165) is 13.2 Å². The number of anilines is 1. The summed E-state index contributed by atoms with van der Waals surface area (Å²) >= 11 is 0. The molecule has 17 heteroatoms. The molecule has 1 heterocycles. The molecule has 3 aromatic carbocycles. The number of benzene rings is 3. The van der Waals surface area contributed by atoms with E-state index in [1.54, 1.807) is 48.5 Å². The van der Waals surface area contributed by atoms with E-state index in [9.17, 15) is 26.9 Å². The van der Waals surface area contributed by atoms with Crippen molar-refractivity contribution in [2.45, 2.75) is 30.5 Å². The third-order valence-electron chi connectivity index (χ3n) is 8.51. The summed E-state index contributed by atoms with van der Waals surface area (Å²) in [6.45, 7) is 1.08. The van der Waals surface area contributed by atoms with Crippen molar-refractivity contribution in [3.63, 3.8) is 0 Å². The first-order valence-electron chi connectivity index (χ1n) is 15.8. The molecule has 2 fully saturated rings. The van der Waals surface area contributed by atoms with E-state index in [-0.39, 0.29) is 66.8 Å². The van der Waals surface area contributed by atoms with E-state index < -0.39 is 36.9 Å². The molecule has 1 aliphatic carbocycles. The third kappa shape index (κ3) is 9.61. The smallest absolute Gasteiger partial charge is 0.297 e. The first kappa shape index (κ1) is 37.3. The van der Waals surface area contributed by atoms with Crippen LogP contribution >= 0.6 is 0 Å². The van der Waals surface area contributed by atoms with Crippen LogP contribution in [0.2, 0.25) is 0 Å². The maximum absolute atomic E-state index is 14.5. The Hall–Kier alpha value is -4.00. The molecular formula is C33H41N3O12S2. The summed E-state index contributed by atoms with van der Waals surface area (Å²) in [6.07, 6.45) is 0.132. The summed E-state index contributed by atoms with van der Waals surface area (Å²) in [5.41, 5.74) is 0.780. The molecule has 0 aromatic heterocycles. The summed E-state index contributed by atoms with van der Waals surface area (Å²) in [5.74, 6) is 0.536. The Labute approximate surface area is 291 Å². The second-order valence-corrected chi connectivity index (χ2v) is 15.7. The molecule has 1 saturated carbocycles. The normalized spacial score (nSPS) is 19.2. The molecule has 0 spiro atoms. The summed E-state index contributed by atoms with van der Waals surface area (Å²) in [5, 5.41) is 15.5. The number of sulfonamides is 1. The van der Waals surface area contributed by atoms with Gasteiger partial charge in [0.25, 0.3) is 15.8 Å². The highest BCUT2D eigenvalue weighted by atomic mass is 32.2. The lowest BCUT2D eigenvalue weighted by Crippen LogP contribution is -2.34. The number of methoxy groups -OCH3 is 2. The van der Waals surface area contributed by atoms with Crippen LogP contribution in [0, 0.1) is 22.0 Å². The SMILES string of the molecule is COc1ccc(CN(Cc2ccc(OC)cc2)S(=O)(=O)c2cc(OC[C@H]3C[C@@H]3CS(=O)(=O)OC)c(NC[C@H]3COCCO3)c([N+](=O)[O-])c2)cc1. The number of nitrogens with one attached hydrogen (secondary N) is 1. The van der Waals surface area contributed by atoms with Gasteiger partial charge in [-0.1, -0.05) is 24.3 Å². The maximum Gasteiger partial charge on any atom is 0.297 e. The van der Waals surface area contributed by atoms with Gasteiger partial charge in [-0.05, 0) is 53.6 Å². The predicted octanol–water partition coefficient (Wildman–Crippen LogP) is 3.82. The second kappa shape index (κ2) is 16.3. The lowest BCUT2D eigenvalue weighted by molar-refractivity contribution is -0.384. The van der Waals surface area contributed by atoms with Crippen molar-refractivity contribution >= 4 is 31.5 Å². The summed E-state index contributed by atoms with van der Waals surface area (Å²) in [6, 6.07) is 16.1. The van der Waals surface area contributed by atoms with Gasteiger partial charge in [0.2, 0.25) is 10.0 Å². The van der Waals surface area contributed by atoms with E-state index in [2.05, 4.69) is 9.50 Å². The largest absolute Gasteiger partial charge is 0.497 e. The van der Waals surface area contributed by atoms with Gasteiger partial charge < -0.3 is 29.0 Å². The number of ether oxygens (including phenoxy) is 5. The molecule has 1 N–H and O–H groups in total. The highest BCUT2D eigenvalue weighted by Crippen LogP contribution is 2.43. The van der Waals surface area contributed by atoms with Gasteiger partial charge in [-0.15, -0.1) is 0 Å². The van der Waals surface area contributed by atoms with Crippen molar-refractivity contribution in [1.82, 2.24) is 4.31 Å². The molecule has 15 nitrogen and oxygen atoms in total. The number of nitro benzene ring substituents is 1. The maximum atomic E-state index is 14.5. The molecule has 3 atom stereocenters. The zero-order valence-corrected chi connectivity index (χ0v) is 29.6. The van der Waals surface area contributed by atoms with Crippen LogP contribution in [0.1, 0.15) is 17.5 Å². The van der Waals surface area contributed by atoms with Crippen molar-refractivity contribution in [3.05, 3.63) is 81.9 Å². The van der Waals surface area contributed by atoms with E-state index in [0.29, 0.717) is 42.3 Å². The first-order valence-corrected chi connectivity index (χ1v) is 18.9. The summed E-state index contributed by atoms with van der Waals surface area (Å²) in [4.78, 5) is 11.5. The van der Waals surface area contributed by atoms with E-state index >= 15 is 0 Å². The molecule has 5 rings (SSSR count). The van der Waals surface area contributed by atoms with Crippen LogP contribution in [0.4, 0.5) is 11.4 Å². The van der Waals surface area contributed by atoms with Gasteiger partial charge in [-0.3, -0.25) is 14.3 Å². The van der Waals surface area contributed by atoms with Gasteiger partial charge in [-0.25, -0.2) is 8.42 Å². The van der Waals surface area contributed by atoms with Crippen molar-refractivity contribution < 1.29 is 49.6 Å². The second-order valence-electron chi connectivity index (χ2n) is 11.9. The van der Waals surface area contributed by atoms with Crippen molar-refractivity contribution in [3.8, 4) is 17.2 Å². The molecule has 1 saturated heterocycles. The zero-order valence-electron chi connectivity index (χ0n) is 28.0. The molecule has 0 bridgehead atoms. The molecule has 1 aliphatic heterocycles. The minimum atomic E-state index is -4.40.